The maximum absolute atomic E-state index is 10.1. The molecule has 0 amide bonds. The van der Waals surface area contributed by atoms with E-state index in [1.54, 1.807) is 0 Å². The van der Waals surface area contributed by atoms with Crippen molar-refractivity contribution in [3.8, 4) is 0 Å². The molecule has 3 saturated heterocycles. The minimum Gasteiger partial charge on any atom is -0.396 e. The number of aliphatic hydroxyl groups is 2. The molecule has 0 aromatic rings. The van der Waals surface area contributed by atoms with Crippen LogP contribution in [0.25, 0.3) is 0 Å². The van der Waals surface area contributed by atoms with Gasteiger partial charge in [0, 0.05) is 30.5 Å². The molecule has 138 valence electrons. The van der Waals surface area contributed by atoms with Crippen molar-refractivity contribution >= 4 is 0 Å². The molecular formula is C20H35NO3. The number of rotatable bonds is 5. The van der Waals surface area contributed by atoms with Crippen molar-refractivity contribution in [2.24, 2.45) is 17.3 Å². The van der Waals surface area contributed by atoms with E-state index in [-0.39, 0.29) is 0 Å². The Balaban J connectivity index is 1.50. The van der Waals surface area contributed by atoms with Crippen molar-refractivity contribution in [2.45, 2.75) is 89.1 Å². The number of hydrogen-bond acceptors (Lipinski definition) is 4. The van der Waals surface area contributed by atoms with Gasteiger partial charge < -0.3 is 14.9 Å². The summed E-state index contributed by atoms with van der Waals surface area (Å²) in [4.78, 5) is 2.82. The van der Waals surface area contributed by atoms with Gasteiger partial charge in [-0.05, 0) is 63.8 Å². The SMILES string of the molecule is OCCCCC[C@@H]1CCCN2C[C@@]34CCC[C@@H]([C@@H]12)[C@@H]3O[C@@H](O)CC4. The fourth-order valence-electron chi connectivity index (χ4n) is 6.59. The maximum atomic E-state index is 10.1. The highest BCUT2D eigenvalue weighted by atomic mass is 16.6. The van der Waals surface area contributed by atoms with Crippen LogP contribution in [-0.4, -0.2) is 53.2 Å². The molecule has 1 aliphatic carbocycles. The minimum absolute atomic E-state index is 0.300. The number of fused-ring (bicyclic) bond motifs is 2. The van der Waals surface area contributed by atoms with E-state index in [4.69, 9.17) is 9.84 Å². The zero-order chi connectivity index (χ0) is 16.6. The van der Waals surface area contributed by atoms with Gasteiger partial charge in [-0.15, -0.1) is 0 Å². The lowest BCUT2D eigenvalue weighted by Gasteiger charge is -2.63. The molecule has 4 nitrogen and oxygen atoms in total. The Morgan fingerprint density at radius 2 is 1.96 bits per heavy atom. The maximum Gasteiger partial charge on any atom is 0.154 e. The molecule has 4 heteroatoms. The summed E-state index contributed by atoms with van der Waals surface area (Å²) in [5, 5.41) is 19.1. The minimum atomic E-state index is -0.526. The van der Waals surface area contributed by atoms with Crippen molar-refractivity contribution in [3.63, 3.8) is 0 Å². The smallest absolute Gasteiger partial charge is 0.154 e. The number of piperidine rings is 2. The van der Waals surface area contributed by atoms with Gasteiger partial charge in [-0.25, -0.2) is 0 Å². The summed E-state index contributed by atoms with van der Waals surface area (Å²) in [7, 11) is 0. The number of aliphatic hydroxyl groups excluding tert-OH is 2. The van der Waals surface area contributed by atoms with Crippen LogP contribution >= 0.6 is 0 Å². The lowest BCUT2D eigenvalue weighted by atomic mass is 9.56. The average molecular weight is 338 g/mol. The van der Waals surface area contributed by atoms with E-state index in [1.807, 2.05) is 0 Å². The molecule has 1 saturated carbocycles. The third-order valence-corrected chi connectivity index (χ3v) is 7.51. The standard InChI is InChI=1S/C20H35NO3/c22-13-3-1-2-6-15-7-5-12-21-14-20-10-4-8-16(18(15)21)19(20)24-17(23)9-11-20/h15-19,22-23H,1-14H2/t15-,16+,17-,18-,19+,20+/m1/s1. The molecule has 24 heavy (non-hydrogen) atoms. The first-order valence-corrected chi connectivity index (χ1v) is 10.4. The Hall–Kier alpha value is -0.160. The van der Waals surface area contributed by atoms with Gasteiger partial charge in [0.05, 0.1) is 6.10 Å². The van der Waals surface area contributed by atoms with Crippen LogP contribution in [0.3, 0.4) is 0 Å². The molecular weight excluding hydrogens is 302 g/mol. The molecule has 2 N–H and O–H groups in total. The molecule has 3 heterocycles. The monoisotopic (exact) mass is 337 g/mol. The fraction of sp³-hybridized carbons (Fsp3) is 1.00. The molecule has 0 aromatic carbocycles. The Kier molecular flexibility index (Phi) is 5.19. The van der Waals surface area contributed by atoms with Crippen LogP contribution in [0.1, 0.15) is 70.6 Å². The molecule has 4 rings (SSSR count). The second-order valence-electron chi connectivity index (χ2n) is 8.90. The molecule has 3 aliphatic heterocycles. The first-order valence-electron chi connectivity index (χ1n) is 10.4. The van der Waals surface area contributed by atoms with E-state index >= 15 is 0 Å². The van der Waals surface area contributed by atoms with E-state index < -0.39 is 6.29 Å². The molecule has 4 aliphatic rings. The molecule has 2 bridgehead atoms. The Morgan fingerprint density at radius 1 is 1.04 bits per heavy atom. The van der Waals surface area contributed by atoms with Crippen LogP contribution in [-0.2, 0) is 4.74 Å². The van der Waals surface area contributed by atoms with Gasteiger partial charge >= 0.3 is 0 Å². The lowest BCUT2D eigenvalue weighted by Crippen LogP contribution is -2.68. The van der Waals surface area contributed by atoms with Crippen molar-refractivity contribution in [1.82, 2.24) is 4.90 Å². The Labute approximate surface area is 146 Å². The van der Waals surface area contributed by atoms with Crippen LogP contribution < -0.4 is 0 Å². The predicted octanol–water partition coefficient (Wildman–Crippen LogP) is 2.92. The molecule has 0 unspecified atom stereocenters. The highest BCUT2D eigenvalue weighted by Crippen LogP contribution is 2.56. The van der Waals surface area contributed by atoms with Gasteiger partial charge in [0.25, 0.3) is 0 Å². The van der Waals surface area contributed by atoms with E-state index in [9.17, 15) is 5.11 Å². The predicted molar refractivity (Wildman–Crippen MR) is 93.5 cm³/mol. The highest BCUT2D eigenvalue weighted by molar-refractivity contribution is 5.09. The number of ether oxygens (including phenoxy) is 1. The molecule has 0 radical (unpaired) electrons. The van der Waals surface area contributed by atoms with Gasteiger partial charge in [-0.2, -0.15) is 0 Å². The van der Waals surface area contributed by atoms with Crippen molar-refractivity contribution in [1.29, 1.82) is 0 Å². The lowest BCUT2D eigenvalue weighted by molar-refractivity contribution is -0.273. The van der Waals surface area contributed by atoms with Crippen LogP contribution in [0.5, 0.6) is 0 Å². The summed E-state index contributed by atoms with van der Waals surface area (Å²) in [6, 6.07) is 0.677. The van der Waals surface area contributed by atoms with Crippen molar-refractivity contribution in [3.05, 3.63) is 0 Å². The summed E-state index contributed by atoms with van der Waals surface area (Å²) in [5.41, 5.74) is 0.331. The van der Waals surface area contributed by atoms with Gasteiger partial charge in [-0.3, -0.25) is 4.90 Å². The molecule has 0 spiro atoms. The quantitative estimate of drug-likeness (QED) is 0.758. The first-order chi connectivity index (χ1) is 11.7. The normalized spacial score (nSPS) is 45.5. The summed E-state index contributed by atoms with van der Waals surface area (Å²) in [6.07, 6.45) is 13.1. The highest BCUT2D eigenvalue weighted by Gasteiger charge is 2.58. The first kappa shape index (κ1) is 17.3. The summed E-state index contributed by atoms with van der Waals surface area (Å²) >= 11 is 0. The van der Waals surface area contributed by atoms with E-state index in [0.717, 1.165) is 31.6 Å². The summed E-state index contributed by atoms with van der Waals surface area (Å²) < 4.78 is 6.18. The number of unbranched alkanes of at least 4 members (excludes halogenated alkanes) is 2. The number of hydrogen-bond donors (Lipinski definition) is 2. The fourth-order valence-corrected chi connectivity index (χ4v) is 6.59. The van der Waals surface area contributed by atoms with Crippen LogP contribution in [0, 0.1) is 17.3 Å². The van der Waals surface area contributed by atoms with Crippen molar-refractivity contribution in [2.75, 3.05) is 19.7 Å². The van der Waals surface area contributed by atoms with Gasteiger partial charge in [0.2, 0.25) is 0 Å². The zero-order valence-electron chi connectivity index (χ0n) is 15.0. The van der Waals surface area contributed by atoms with Crippen molar-refractivity contribution < 1.29 is 14.9 Å². The third-order valence-electron chi connectivity index (χ3n) is 7.51. The van der Waals surface area contributed by atoms with Gasteiger partial charge in [0.1, 0.15) is 0 Å². The molecule has 4 fully saturated rings. The Bertz CT molecular complexity index is 431. The van der Waals surface area contributed by atoms with Crippen LogP contribution in [0.2, 0.25) is 0 Å². The zero-order valence-corrected chi connectivity index (χ0v) is 15.0. The third kappa shape index (κ3) is 3.04. The van der Waals surface area contributed by atoms with E-state index in [2.05, 4.69) is 4.90 Å². The summed E-state index contributed by atoms with van der Waals surface area (Å²) in [6.45, 7) is 2.81. The van der Waals surface area contributed by atoms with Crippen LogP contribution in [0.4, 0.5) is 0 Å². The molecule has 6 atom stereocenters. The second kappa shape index (κ2) is 7.22. The van der Waals surface area contributed by atoms with Gasteiger partial charge in [0.15, 0.2) is 6.29 Å². The largest absolute Gasteiger partial charge is 0.396 e. The second-order valence-corrected chi connectivity index (χ2v) is 8.90. The topological polar surface area (TPSA) is 52.9 Å². The Morgan fingerprint density at radius 3 is 2.83 bits per heavy atom. The summed E-state index contributed by atoms with van der Waals surface area (Å²) in [5.74, 6) is 1.42. The van der Waals surface area contributed by atoms with Gasteiger partial charge in [-0.1, -0.05) is 19.3 Å². The average Bonchev–Trinajstić information content (AvgIpc) is 2.58. The van der Waals surface area contributed by atoms with E-state index in [1.165, 1.54) is 58.0 Å². The van der Waals surface area contributed by atoms with E-state index in [0.29, 0.717) is 30.1 Å². The number of nitrogens with zero attached hydrogens (tertiary/aromatic N) is 1. The molecule has 0 aromatic heterocycles. The van der Waals surface area contributed by atoms with Crippen LogP contribution in [0.15, 0.2) is 0 Å².